The van der Waals surface area contributed by atoms with Crippen LogP contribution < -0.4 is 5.32 Å². The van der Waals surface area contributed by atoms with Crippen molar-refractivity contribution < 1.29 is 9.90 Å². The van der Waals surface area contributed by atoms with Gasteiger partial charge in [0, 0.05) is 9.75 Å². The minimum Gasteiger partial charge on any atom is -0.377 e. The Morgan fingerprint density at radius 1 is 1.00 bits per heavy atom. The van der Waals surface area contributed by atoms with Crippen molar-refractivity contribution in [2.75, 3.05) is 6.54 Å². The first-order valence-electron chi connectivity index (χ1n) is 6.32. The van der Waals surface area contributed by atoms with Crippen LogP contribution in [0.2, 0.25) is 0 Å². The summed E-state index contributed by atoms with van der Waals surface area (Å²) >= 11 is 4.36. The lowest BCUT2D eigenvalue weighted by molar-refractivity contribution is 0.0741. The smallest absolute Gasteiger partial charge is 0.261 e. The summed E-state index contributed by atoms with van der Waals surface area (Å²) in [5.41, 5.74) is -1.17. The van der Waals surface area contributed by atoms with Crippen LogP contribution in [-0.2, 0) is 5.60 Å². The second-order valence-electron chi connectivity index (χ2n) is 4.47. The Balaban J connectivity index is 1.83. The van der Waals surface area contributed by atoms with E-state index in [9.17, 15) is 9.90 Å². The first-order valence-corrected chi connectivity index (χ1v) is 8.96. The summed E-state index contributed by atoms with van der Waals surface area (Å²) in [6.07, 6.45) is 0. The third-order valence-electron chi connectivity index (χ3n) is 3.11. The summed E-state index contributed by atoms with van der Waals surface area (Å²) in [4.78, 5) is 14.4. The molecule has 0 saturated carbocycles. The van der Waals surface area contributed by atoms with Gasteiger partial charge in [-0.15, -0.1) is 34.0 Å². The molecule has 21 heavy (non-hydrogen) atoms. The number of hydrogen-bond acceptors (Lipinski definition) is 5. The maximum Gasteiger partial charge on any atom is 0.261 e. The Bertz CT molecular complexity index is 653. The molecule has 1 amide bonds. The molecule has 3 heterocycles. The molecule has 0 aliphatic carbocycles. The van der Waals surface area contributed by atoms with E-state index in [2.05, 4.69) is 5.32 Å². The zero-order chi connectivity index (χ0) is 14.7. The van der Waals surface area contributed by atoms with Crippen molar-refractivity contribution in [1.82, 2.24) is 5.32 Å². The van der Waals surface area contributed by atoms with Crippen LogP contribution in [0.4, 0.5) is 0 Å². The molecule has 0 saturated heterocycles. The van der Waals surface area contributed by atoms with Crippen molar-refractivity contribution in [3.8, 4) is 0 Å². The topological polar surface area (TPSA) is 49.3 Å². The van der Waals surface area contributed by atoms with E-state index >= 15 is 0 Å². The third-order valence-corrected chi connectivity index (χ3v) is 6.02. The summed E-state index contributed by atoms with van der Waals surface area (Å²) in [5.74, 6) is -0.156. The fourth-order valence-electron chi connectivity index (χ4n) is 2.03. The van der Waals surface area contributed by atoms with Crippen molar-refractivity contribution in [2.24, 2.45) is 0 Å². The first-order chi connectivity index (χ1) is 10.2. The molecule has 6 heteroatoms. The van der Waals surface area contributed by atoms with E-state index in [0.717, 1.165) is 9.75 Å². The van der Waals surface area contributed by atoms with Crippen molar-refractivity contribution >= 4 is 39.9 Å². The molecule has 2 N–H and O–H groups in total. The van der Waals surface area contributed by atoms with E-state index < -0.39 is 5.60 Å². The van der Waals surface area contributed by atoms with Crippen molar-refractivity contribution in [1.29, 1.82) is 0 Å². The van der Waals surface area contributed by atoms with E-state index in [1.807, 2.05) is 46.5 Å². The average molecular weight is 335 g/mol. The molecule has 108 valence electrons. The fourth-order valence-corrected chi connectivity index (χ4v) is 4.41. The molecular formula is C15H13NO2S3. The highest BCUT2D eigenvalue weighted by Crippen LogP contribution is 2.35. The second kappa shape index (κ2) is 6.11. The van der Waals surface area contributed by atoms with Crippen molar-refractivity contribution in [2.45, 2.75) is 5.60 Å². The molecule has 0 aliphatic heterocycles. The Kier molecular flexibility index (Phi) is 4.21. The zero-order valence-electron chi connectivity index (χ0n) is 11.0. The van der Waals surface area contributed by atoms with Gasteiger partial charge in [-0.25, -0.2) is 0 Å². The number of amides is 1. The quantitative estimate of drug-likeness (QED) is 0.749. The van der Waals surface area contributed by atoms with Gasteiger partial charge >= 0.3 is 0 Å². The van der Waals surface area contributed by atoms with Crippen LogP contribution in [0.25, 0.3) is 0 Å². The van der Waals surface area contributed by atoms with Crippen LogP contribution >= 0.6 is 34.0 Å². The predicted octanol–water partition coefficient (Wildman–Crippen LogP) is 3.54. The number of thiophene rings is 3. The Labute approximate surface area is 134 Å². The number of nitrogens with one attached hydrogen (secondary N) is 1. The maximum absolute atomic E-state index is 12.1. The Hall–Kier alpha value is -1.47. The van der Waals surface area contributed by atoms with E-state index in [0.29, 0.717) is 4.88 Å². The van der Waals surface area contributed by atoms with Gasteiger partial charge in [0.2, 0.25) is 0 Å². The lowest BCUT2D eigenvalue weighted by atomic mass is 10.00. The molecule has 0 aromatic carbocycles. The van der Waals surface area contributed by atoms with Crippen LogP contribution in [0.5, 0.6) is 0 Å². The normalized spacial score (nSPS) is 11.5. The van der Waals surface area contributed by atoms with Crippen LogP contribution in [0.3, 0.4) is 0 Å². The molecule has 3 aromatic rings. The van der Waals surface area contributed by atoms with Gasteiger partial charge < -0.3 is 10.4 Å². The van der Waals surface area contributed by atoms with Gasteiger partial charge in [0.05, 0.1) is 11.4 Å². The summed E-state index contributed by atoms with van der Waals surface area (Å²) in [7, 11) is 0. The Morgan fingerprint density at radius 3 is 2.05 bits per heavy atom. The number of aliphatic hydroxyl groups is 1. The number of carbonyl (C=O) groups excluding carboxylic acids is 1. The monoisotopic (exact) mass is 335 g/mol. The van der Waals surface area contributed by atoms with Crippen molar-refractivity contribution in [3.63, 3.8) is 0 Å². The van der Waals surface area contributed by atoms with Gasteiger partial charge in [0.25, 0.3) is 5.91 Å². The molecular weight excluding hydrogens is 322 g/mol. The van der Waals surface area contributed by atoms with Crippen LogP contribution in [0.1, 0.15) is 19.4 Å². The summed E-state index contributed by atoms with van der Waals surface area (Å²) in [6.45, 7) is 0.157. The molecule has 3 aromatic heterocycles. The molecule has 0 bridgehead atoms. The van der Waals surface area contributed by atoms with Gasteiger partial charge in [-0.2, -0.15) is 0 Å². The van der Waals surface area contributed by atoms with Gasteiger partial charge in [-0.1, -0.05) is 18.2 Å². The van der Waals surface area contributed by atoms with Crippen molar-refractivity contribution in [3.05, 3.63) is 67.2 Å². The molecule has 0 unspecified atom stereocenters. The molecule has 3 nitrogen and oxygen atoms in total. The minimum absolute atomic E-state index is 0.156. The van der Waals surface area contributed by atoms with E-state index in [-0.39, 0.29) is 12.5 Å². The Morgan fingerprint density at radius 2 is 1.57 bits per heavy atom. The van der Waals surface area contributed by atoms with Gasteiger partial charge in [0.1, 0.15) is 5.60 Å². The largest absolute Gasteiger partial charge is 0.377 e. The van der Waals surface area contributed by atoms with Crippen LogP contribution in [0, 0.1) is 0 Å². The molecule has 0 radical (unpaired) electrons. The molecule has 0 atom stereocenters. The molecule has 3 rings (SSSR count). The second-order valence-corrected chi connectivity index (χ2v) is 7.32. The van der Waals surface area contributed by atoms with Gasteiger partial charge in [-0.05, 0) is 34.3 Å². The molecule has 0 aliphatic rings. The first kappa shape index (κ1) is 14.5. The zero-order valence-corrected chi connectivity index (χ0v) is 13.4. The summed E-state index contributed by atoms with van der Waals surface area (Å²) in [6, 6.07) is 11.2. The average Bonchev–Trinajstić information content (AvgIpc) is 3.27. The number of carbonyl (C=O) groups is 1. The van der Waals surface area contributed by atoms with Gasteiger partial charge in [0.15, 0.2) is 0 Å². The molecule has 0 fully saturated rings. The fraction of sp³-hybridized carbons (Fsp3) is 0.133. The predicted molar refractivity (Wildman–Crippen MR) is 88.3 cm³/mol. The summed E-state index contributed by atoms with van der Waals surface area (Å²) in [5, 5.41) is 19.6. The number of rotatable bonds is 5. The van der Waals surface area contributed by atoms with Crippen LogP contribution in [0.15, 0.2) is 52.5 Å². The standard InChI is InChI=1S/C15H13NO2S3/c17-14(11-4-1-7-19-11)16-10-15(18,12-5-2-8-20-12)13-6-3-9-21-13/h1-9,18H,10H2,(H,16,17). The SMILES string of the molecule is O=C(NCC(O)(c1cccs1)c1cccs1)c1cccs1. The lowest BCUT2D eigenvalue weighted by Crippen LogP contribution is -2.40. The highest BCUT2D eigenvalue weighted by molar-refractivity contribution is 7.12. The number of hydrogen-bond donors (Lipinski definition) is 2. The van der Waals surface area contributed by atoms with E-state index in [1.54, 1.807) is 6.07 Å². The molecule has 0 spiro atoms. The summed E-state index contributed by atoms with van der Waals surface area (Å²) < 4.78 is 0. The third kappa shape index (κ3) is 2.94. The highest BCUT2D eigenvalue weighted by atomic mass is 32.1. The van der Waals surface area contributed by atoms with Crippen LogP contribution in [-0.4, -0.2) is 17.6 Å². The van der Waals surface area contributed by atoms with Gasteiger partial charge in [-0.3, -0.25) is 4.79 Å². The maximum atomic E-state index is 12.1. The van der Waals surface area contributed by atoms with E-state index in [1.165, 1.54) is 34.0 Å². The van der Waals surface area contributed by atoms with E-state index in [4.69, 9.17) is 0 Å². The minimum atomic E-state index is -1.17. The highest BCUT2D eigenvalue weighted by Gasteiger charge is 2.34. The lowest BCUT2D eigenvalue weighted by Gasteiger charge is -2.26.